The lowest BCUT2D eigenvalue weighted by Crippen LogP contribution is -2.30. The van der Waals surface area contributed by atoms with Crippen LogP contribution in [0.2, 0.25) is 0 Å². The van der Waals surface area contributed by atoms with Crippen molar-refractivity contribution in [1.82, 2.24) is 0 Å². The average Bonchev–Trinajstić information content (AvgIpc) is 3.65. The molecule has 0 aliphatic carbocycles. The molecule has 0 amide bonds. The number of carbonyl (C=O) groups is 4. The van der Waals surface area contributed by atoms with Crippen LogP contribution in [0.15, 0.2) is 0 Å². The molecule has 510 valence electrons. The van der Waals surface area contributed by atoms with Gasteiger partial charge in [0.05, 0.1) is 26.4 Å². The predicted octanol–water partition coefficient (Wildman–Crippen LogP) is 18.8. The van der Waals surface area contributed by atoms with Gasteiger partial charge in [0, 0.05) is 25.7 Å². The number of hydrogen-bond donors (Lipinski definition) is 3. The van der Waals surface area contributed by atoms with E-state index in [2.05, 4.69) is 41.5 Å². The summed E-state index contributed by atoms with van der Waals surface area (Å²) in [4.78, 5) is 72.1. The molecule has 5 atom stereocenters. The largest absolute Gasteiger partial charge is 0.472 e. The molecular formula is C67H130O17P2. The highest BCUT2D eigenvalue weighted by Gasteiger charge is 2.30. The van der Waals surface area contributed by atoms with Gasteiger partial charge in [-0.2, -0.15) is 0 Å². The molecule has 0 aromatic heterocycles. The van der Waals surface area contributed by atoms with Gasteiger partial charge in [-0.25, -0.2) is 9.13 Å². The van der Waals surface area contributed by atoms with Gasteiger partial charge >= 0.3 is 39.5 Å². The first kappa shape index (κ1) is 84.1. The van der Waals surface area contributed by atoms with Crippen molar-refractivity contribution in [2.45, 2.75) is 355 Å². The zero-order valence-corrected chi connectivity index (χ0v) is 57.4. The van der Waals surface area contributed by atoms with Crippen LogP contribution in [0.25, 0.3) is 0 Å². The molecule has 0 aliphatic rings. The molecule has 86 heavy (non-hydrogen) atoms. The van der Waals surface area contributed by atoms with Gasteiger partial charge in [-0.1, -0.05) is 286 Å². The van der Waals surface area contributed by atoms with E-state index in [4.69, 9.17) is 37.0 Å². The first-order valence-electron chi connectivity index (χ1n) is 35.0. The number of ether oxygens (including phenoxy) is 4. The summed E-state index contributed by atoms with van der Waals surface area (Å²) in [6.07, 6.45) is 43.3. The fourth-order valence-electron chi connectivity index (χ4n) is 10.1. The minimum Gasteiger partial charge on any atom is -0.462 e. The molecule has 0 aromatic rings. The lowest BCUT2D eigenvalue weighted by Gasteiger charge is -2.21. The van der Waals surface area contributed by atoms with Gasteiger partial charge in [-0.05, 0) is 37.5 Å². The van der Waals surface area contributed by atoms with Crippen LogP contribution in [-0.4, -0.2) is 96.7 Å². The third kappa shape index (κ3) is 60.9. The average molecular weight is 1270 g/mol. The van der Waals surface area contributed by atoms with Gasteiger partial charge in [0.2, 0.25) is 0 Å². The second-order valence-corrected chi connectivity index (χ2v) is 28.1. The Hall–Kier alpha value is -1.94. The molecule has 3 N–H and O–H groups in total. The topological polar surface area (TPSA) is 237 Å². The quantitative estimate of drug-likeness (QED) is 0.0222. The van der Waals surface area contributed by atoms with E-state index in [9.17, 15) is 43.2 Å². The molecule has 0 saturated carbocycles. The Morgan fingerprint density at radius 1 is 0.314 bits per heavy atom. The molecular weight excluding hydrogens is 1140 g/mol. The van der Waals surface area contributed by atoms with Crippen molar-refractivity contribution in [2.75, 3.05) is 39.6 Å². The van der Waals surface area contributed by atoms with Gasteiger partial charge in [-0.15, -0.1) is 0 Å². The van der Waals surface area contributed by atoms with Crippen LogP contribution in [0.4, 0.5) is 0 Å². The van der Waals surface area contributed by atoms with Gasteiger partial charge in [0.25, 0.3) is 0 Å². The van der Waals surface area contributed by atoms with Crippen molar-refractivity contribution in [2.24, 2.45) is 11.8 Å². The number of aliphatic hydroxyl groups excluding tert-OH is 1. The van der Waals surface area contributed by atoms with Crippen molar-refractivity contribution in [3.05, 3.63) is 0 Å². The van der Waals surface area contributed by atoms with Gasteiger partial charge in [0.15, 0.2) is 12.2 Å². The fraction of sp³-hybridized carbons (Fsp3) is 0.940. The minimum atomic E-state index is -4.95. The van der Waals surface area contributed by atoms with Crippen LogP contribution in [0, 0.1) is 11.8 Å². The van der Waals surface area contributed by atoms with Crippen molar-refractivity contribution in [3.8, 4) is 0 Å². The highest BCUT2D eigenvalue weighted by molar-refractivity contribution is 7.47. The van der Waals surface area contributed by atoms with E-state index < -0.39 is 97.5 Å². The summed E-state index contributed by atoms with van der Waals surface area (Å²) in [5.74, 6) is -0.590. The molecule has 2 unspecified atom stereocenters. The van der Waals surface area contributed by atoms with E-state index in [0.29, 0.717) is 25.7 Å². The predicted molar refractivity (Wildman–Crippen MR) is 345 cm³/mol. The Kier molecular flexibility index (Phi) is 58.0. The summed E-state index contributed by atoms with van der Waals surface area (Å²) in [5, 5.41) is 10.5. The highest BCUT2D eigenvalue weighted by Crippen LogP contribution is 2.45. The maximum absolute atomic E-state index is 13.0. The Balaban J connectivity index is 5.17. The van der Waals surface area contributed by atoms with Crippen molar-refractivity contribution >= 4 is 39.5 Å². The summed E-state index contributed by atoms with van der Waals surface area (Å²) in [5.41, 5.74) is 0. The van der Waals surface area contributed by atoms with E-state index in [-0.39, 0.29) is 25.7 Å². The van der Waals surface area contributed by atoms with Crippen molar-refractivity contribution < 1.29 is 80.2 Å². The molecule has 0 saturated heterocycles. The van der Waals surface area contributed by atoms with Gasteiger partial charge in [-0.3, -0.25) is 37.3 Å². The van der Waals surface area contributed by atoms with E-state index in [1.807, 2.05) is 0 Å². The molecule has 0 rings (SSSR count). The SMILES string of the molecule is CCCCCCCCCCCCCCC(=O)O[C@H](COC(=O)CCCCCCC)COP(=O)(O)OC[C@H](O)COP(=O)(O)OC[C@@H](COC(=O)CCCCCCCCCCCCCC(C)C)OC(=O)CCCCCCCCCCCCCCC(C)C. The molecule has 0 heterocycles. The number of carbonyl (C=O) groups excluding carboxylic acids is 4. The van der Waals surface area contributed by atoms with Crippen LogP contribution in [0.3, 0.4) is 0 Å². The van der Waals surface area contributed by atoms with E-state index in [1.165, 1.54) is 148 Å². The Bertz CT molecular complexity index is 1680. The van der Waals surface area contributed by atoms with Crippen LogP contribution in [0.1, 0.15) is 337 Å². The van der Waals surface area contributed by atoms with Gasteiger partial charge < -0.3 is 33.8 Å². The molecule has 0 spiro atoms. The Morgan fingerprint density at radius 3 is 0.791 bits per heavy atom. The first-order chi connectivity index (χ1) is 41.4. The Labute approximate surface area is 524 Å². The lowest BCUT2D eigenvalue weighted by molar-refractivity contribution is -0.161. The third-order valence-corrected chi connectivity index (χ3v) is 17.4. The molecule has 0 aromatic carbocycles. The maximum Gasteiger partial charge on any atom is 0.472 e. The third-order valence-electron chi connectivity index (χ3n) is 15.5. The highest BCUT2D eigenvalue weighted by atomic mass is 31.2. The summed E-state index contributed by atoms with van der Waals surface area (Å²) in [6.45, 7) is 9.45. The molecule has 0 aliphatic heterocycles. The number of unbranched alkanes of at least 4 members (excludes halogenated alkanes) is 36. The van der Waals surface area contributed by atoms with Crippen molar-refractivity contribution in [3.63, 3.8) is 0 Å². The first-order valence-corrected chi connectivity index (χ1v) is 38.0. The molecule has 0 fully saturated rings. The van der Waals surface area contributed by atoms with E-state index in [0.717, 1.165) is 108 Å². The summed E-state index contributed by atoms with van der Waals surface area (Å²) in [6, 6.07) is 0. The number of phosphoric acid groups is 2. The second kappa shape index (κ2) is 59.4. The van der Waals surface area contributed by atoms with Gasteiger partial charge in [0.1, 0.15) is 19.3 Å². The zero-order chi connectivity index (χ0) is 63.6. The zero-order valence-electron chi connectivity index (χ0n) is 55.6. The van der Waals surface area contributed by atoms with Crippen LogP contribution < -0.4 is 0 Å². The van der Waals surface area contributed by atoms with E-state index >= 15 is 0 Å². The van der Waals surface area contributed by atoms with Crippen LogP contribution in [-0.2, 0) is 65.4 Å². The number of hydrogen-bond acceptors (Lipinski definition) is 15. The molecule has 17 nitrogen and oxygen atoms in total. The normalized spacial score (nSPS) is 14.2. The monoisotopic (exact) mass is 1270 g/mol. The van der Waals surface area contributed by atoms with Crippen molar-refractivity contribution in [1.29, 1.82) is 0 Å². The molecule has 19 heteroatoms. The molecule has 0 radical (unpaired) electrons. The summed E-state index contributed by atoms with van der Waals surface area (Å²) in [7, 11) is -9.88. The van der Waals surface area contributed by atoms with Crippen LogP contribution >= 0.6 is 15.6 Å². The minimum absolute atomic E-state index is 0.106. The van der Waals surface area contributed by atoms with E-state index in [1.54, 1.807) is 0 Å². The number of esters is 4. The number of aliphatic hydroxyl groups is 1. The number of phosphoric ester groups is 2. The van der Waals surface area contributed by atoms with Crippen LogP contribution in [0.5, 0.6) is 0 Å². The Morgan fingerprint density at radius 2 is 0.535 bits per heavy atom. The maximum atomic E-state index is 13.0. The summed E-state index contributed by atoms with van der Waals surface area (Å²) < 4.78 is 68.0. The second-order valence-electron chi connectivity index (χ2n) is 25.2. The smallest absolute Gasteiger partial charge is 0.462 e. The lowest BCUT2D eigenvalue weighted by atomic mass is 10.0. The summed E-state index contributed by atoms with van der Waals surface area (Å²) >= 11 is 0. The molecule has 0 bridgehead atoms. The standard InChI is InChI=1S/C67H130O17P2/c1-7-9-11-13-14-15-16-22-28-33-39-45-51-66(71)83-62(55-77-64(69)49-43-35-12-10-8-2)57-81-85(73,74)79-53-61(68)54-80-86(75,76)82-58-63(56-78-65(70)50-44-38-32-27-24-19-21-26-31-37-42-48-60(5)6)84-67(72)52-46-40-34-29-23-18-17-20-25-30-36-41-47-59(3)4/h59-63,68H,7-58H2,1-6H3,(H,73,74)(H,75,76)/t61-,62+,63+/m0/s1. The number of rotatable bonds is 66. The fourth-order valence-corrected chi connectivity index (χ4v) is 11.6.